The first kappa shape index (κ1) is 15.0. The average molecular weight is 277 g/mol. The zero-order valence-corrected chi connectivity index (χ0v) is 12.7. The highest BCUT2D eigenvalue weighted by molar-refractivity contribution is 5.49. The molecule has 5 nitrogen and oxygen atoms in total. The van der Waals surface area contributed by atoms with Crippen LogP contribution in [0.3, 0.4) is 0 Å². The Labute approximate surface area is 121 Å². The van der Waals surface area contributed by atoms with E-state index in [0.717, 1.165) is 36.8 Å². The highest BCUT2D eigenvalue weighted by Gasteiger charge is 2.21. The van der Waals surface area contributed by atoms with Crippen LogP contribution in [-0.2, 0) is 6.42 Å². The number of hydrogen-bond donors (Lipinski definition) is 2. The molecular formula is C15H27N5. The van der Waals surface area contributed by atoms with Crippen molar-refractivity contribution in [1.82, 2.24) is 9.97 Å². The van der Waals surface area contributed by atoms with Gasteiger partial charge in [0.15, 0.2) is 0 Å². The molecule has 1 aromatic rings. The lowest BCUT2D eigenvalue weighted by Crippen LogP contribution is -2.35. The molecule has 1 atom stereocenters. The molecule has 1 saturated heterocycles. The Morgan fingerprint density at radius 3 is 2.85 bits per heavy atom. The number of aromatic nitrogens is 2. The Bertz CT molecular complexity index is 421. The van der Waals surface area contributed by atoms with Crippen LogP contribution in [0, 0.1) is 0 Å². The van der Waals surface area contributed by atoms with Crippen molar-refractivity contribution in [2.75, 3.05) is 16.9 Å². The summed E-state index contributed by atoms with van der Waals surface area (Å²) in [5.41, 5.74) is 2.68. The lowest BCUT2D eigenvalue weighted by atomic mass is 10.1. The topological polar surface area (TPSA) is 67.1 Å². The second-order valence-corrected chi connectivity index (χ2v) is 5.53. The number of nitrogens with zero attached hydrogens (tertiary/aromatic N) is 3. The number of anilines is 2. The van der Waals surface area contributed by atoms with Crippen LogP contribution in [0.5, 0.6) is 0 Å². The van der Waals surface area contributed by atoms with Gasteiger partial charge >= 0.3 is 0 Å². The molecule has 2 heterocycles. The minimum atomic E-state index is 0.590. The third-order valence-corrected chi connectivity index (χ3v) is 4.02. The van der Waals surface area contributed by atoms with Crippen molar-refractivity contribution >= 4 is 11.6 Å². The molecule has 0 amide bonds. The summed E-state index contributed by atoms with van der Waals surface area (Å²) in [6, 6.07) is 2.57. The van der Waals surface area contributed by atoms with Crippen LogP contribution in [0.15, 0.2) is 6.07 Å². The van der Waals surface area contributed by atoms with E-state index in [0.29, 0.717) is 6.04 Å². The lowest BCUT2D eigenvalue weighted by molar-refractivity contribution is 0.551. The largest absolute Gasteiger partial charge is 0.353 e. The van der Waals surface area contributed by atoms with Gasteiger partial charge in [-0.05, 0) is 25.7 Å². The van der Waals surface area contributed by atoms with E-state index in [-0.39, 0.29) is 0 Å². The molecule has 0 spiro atoms. The van der Waals surface area contributed by atoms with Gasteiger partial charge in [0.1, 0.15) is 17.5 Å². The molecule has 5 heteroatoms. The van der Waals surface area contributed by atoms with Crippen LogP contribution in [0.25, 0.3) is 0 Å². The van der Waals surface area contributed by atoms with Crippen molar-refractivity contribution < 1.29 is 0 Å². The van der Waals surface area contributed by atoms with Crippen molar-refractivity contribution in [3.8, 4) is 0 Å². The van der Waals surface area contributed by atoms with Gasteiger partial charge in [-0.15, -0.1) is 0 Å². The Kier molecular flexibility index (Phi) is 5.59. The molecule has 0 aromatic carbocycles. The Morgan fingerprint density at radius 2 is 2.15 bits per heavy atom. The molecule has 3 N–H and O–H groups in total. The molecule has 1 unspecified atom stereocenters. The predicted molar refractivity (Wildman–Crippen MR) is 83.7 cm³/mol. The summed E-state index contributed by atoms with van der Waals surface area (Å²) in [5.74, 6) is 8.19. The lowest BCUT2D eigenvalue weighted by Gasteiger charge is -2.30. The summed E-state index contributed by atoms with van der Waals surface area (Å²) < 4.78 is 0. The van der Waals surface area contributed by atoms with Gasteiger partial charge in [0.25, 0.3) is 0 Å². The monoisotopic (exact) mass is 277 g/mol. The Morgan fingerprint density at radius 1 is 1.30 bits per heavy atom. The summed E-state index contributed by atoms with van der Waals surface area (Å²) >= 11 is 0. The SMILES string of the molecule is CCCc1nc(NN)cc(N2CCCCCC2CC)n1. The predicted octanol–water partition coefficient (Wildman–Crippen LogP) is 2.87. The second kappa shape index (κ2) is 7.43. The van der Waals surface area contributed by atoms with Crippen molar-refractivity contribution in [1.29, 1.82) is 0 Å². The van der Waals surface area contributed by atoms with Crippen molar-refractivity contribution in [3.05, 3.63) is 11.9 Å². The van der Waals surface area contributed by atoms with Gasteiger partial charge in [-0.3, -0.25) is 0 Å². The van der Waals surface area contributed by atoms with Crippen molar-refractivity contribution in [2.24, 2.45) is 5.84 Å². The first-order valence-electron chi connectivity index (χ1n) is 7.89. The van der Waals surface area contributed by atoms with Crippen LogP contribution in [0.1, 0.15) is 58.2 Å². The molecule has 0 bridgehead atoms. The van der Waals surface area contributed by atoms with Gasteiger partial charge in [0.2, 0.25) is 0 Å². The smallest absolute Gasteiger partial charge is 0.145 e. The van der Waals surface area contributed by atoms with Crippen molar-refractivity contribution in [3.63, 3.8) is 0 Å². The number of aryl methyl sites for hydroxylation is 1. The van der Waals surface area contributed by atoms with E-state index in [4.69, 9.17) is 10.8 Å². The molecule has 112 valence electrons. The molecule has 0 saturated carbocycles. The molecule has 2 rings (SSSR count). The van der Waals surface area contributed by atoms with Gasteiger partial charge < -0.3 is 10.3 Å². The Balaban J connectivity index is 2.30. The normalized spacial score (nSPS) is 19.8. The number of hydrogen-bond acceptors (Lipinski definition) is 5. The summed E-state index contributed by atoms with van der Waals surface area (Å²) in [6.45, 7) is 5.50. The van der Waals surface area contributed by atoms with E-state index in [2.05, 4.69) is 29.2 Å². The molecule has 1 aliphatic rings. The minimum absolute atomic E-state index is 0.590. The van der Waals surface area contributed by atoms with Crippen molar-refractivity contribution in [2.45, 2.75) is 64.8 Å². The van der Waals surface area contributed by atoms with Gasteiger partial charge in [-0.25, -0.2) is 15.8 Å². The molecule has 0 radical (unpaired) electrons. The third-order valence-electron chi connectivity index (χ3n) is 4.02. The van der Waals surface area contributed by atoms with Crippen LogP contribution in [0.2, 0.25) is 0 Å². The fraction of sp³-hybridized carbons (Fsp3) is 0.733. The van der Waals surface area contributed by atoms with E-state index < -0.39 is 0 Å². The van der Waals surface area contributed by atoms with Gasteiger partial charge in [0, 0.05) is 25.1 Å². The molecule has 0 aliphatic carbocycles. The minimum Gasteiger partial charge on any atom is -0.353 e. The van der Waals surface area contributed by atoms with E-state index in [1.807, 2.05) is 6.07 Å². The quantitative estimate of drug-likeness (QED) is 0.640. The Hall–Kier alpha value is -1.36. The molecule has 20 heavy (non-hydrogen) atoms. The van der Waals surface area contributed by atoms with Crippen LogP contribution in [-0.4, -0.2) is 22.6 Å². The number of nitrogen functional groups attached to an aromatic ring is 1. The number of nitrogens with one attached hydrogen (secondary N) is 1. The fourth-order valence-electron chi connectivity index (χ4n) is 2.94. The van der Waals surface area contributed by atoms with Crippen LogP contribution < -0.4 is 16.2 Å². The van der Waals surface area contributed by atoms with E-state index in [1.54, 1.807) is 0 Å². The third kappa shape index (κ3) is 3.60. The standard InChI is InChI=1S/C15H27N5/c1-3-8-13-17-14(19-16)11-15(18-13)20-10-7-5-6-9-12(20)4-2/h11-12H,3-10,16H2,1-2H3,(H,17,18,19). The maximum Gasteiger partial charge on any atom is 0.145 e. The summed E-state index contributed by atoms with van der Waals surface area (Å²) in [5, 5.41) is 0. The average Bonchev–Trinajstić information content (AvgIpc) is 2.72. The number of rotatable bonds is 5. The van der Waals surface area contributed by atoms with E-state index >= 15 is 0 Å². The van der Waals surface area contributed by atoms with Gasteiger partial charge in [-0.1, -0.05) is 26.7 Å². The van der Waals surface area contributed by atoms with E-state index in [9.17, 15) is 0 Å². The zero-order chi connectivity index (χ0) is 14.4. The first-order chi connectivity index (χ1) is 9.78. The highest BCUT2D eigenvalue weighted by atomic mass is 15.3. The maximum absolute atomic E-state index is 5.55. The van der Waals surface area contributed by atoms with E-state index in [1.165, 1.54) is 32.1 Å². The van der Waals surface area contributed by atoms with Crippen LogP contribution in [0.4, 0.5) is 11.6 Å². The molecule has 1 fully saturated rings. The summed E-state index contributed by atoms with van der Waals surface area (Å²) in [6.07, 6.45) is 8.26. The first-order valence-corrected chi connectivity index (χ1v) is 7.89. The second-order valence-electron chi connectivity index (χ2n) is 5.53. The molecular weight excluding hydrogens is 250 g/mol. The molecule has 1 aromatic heterocycles. The summed E-state index contributed by atoms with van der Waals surface area (Å²) in [4.78, 5) is 11.6. The zero-order valence-electron chi connectivity index (χ0n) is 12.7. The fourth-order valence-corrected chi connectivity index (χ4v) is 2.94. The molecule has 1 aliphatic heterocycles. The number of nitrogens with two attached hydrogens (primary N) is 1. The highest BCUT2D eigenvalue weighted by Crippen LogP contribution is 2.26. The summed E-state index contributed by atoms with van der Waals surface area (Å²) in [7, 11) is 0. The van der Waals surface area contributed by atoms with Gasteiger partial charge in [0.05, 0.1) is 0 Å². The van der Waals surface area contributed by atoms with Gasteiger partial charge in [-0.2, -0.15) is 0 Å². The number of hydrazine groups is 1. The maximum atomic E-state index is 5.55. The van der Waals surface area contributed by atoms with Crippen LogP contribution >= 0.6 is 0 Å².